The lowest BCUT2D eigenvalue weighted by atomic mass is 9.96. The number of nitrogens with one attached hydrogen (secondary N) is 2. The zero-order valence-corrected chi connectivity index (χ0v) is 23.8. The van der Waals surface area contributed by atoms with Crippen LogP contribution in [0.15, 0.2) is 30.3 Å². The zero-order chi connectivity index (χ0) is 28.3. The Morgan fingerprint density at radius 2 is 1.77 bits per heavy atom. The summed E-state index contributed by atoms with van der Waals surface area (Å²) in [5, 5.41) is 3.04. The largest absolute Gasteiger partial charge is 0.491 e. The topological polar surface area (TPSA) is 91.0 Å². The number of hydrogen-bond donors (Lipinski definition) is 2. The summed E-state index contributed by atoms with van der Waals surface area (Å²) in [6, 6.07) is 8.74. The third-order valence-electron chi connectivity index (χ3n) is 9.03. The number of nitrogens with zero attached hydrogens (tertiary/aromatic N) is 2. The smallest absolute Gasteiger partial charge is 0.257 e. The number of halogens is 2. The van der Waals surface area contributed by atoms with Crippen LogP contribution in [0.2, 0.25) is 0 Å². The lowest BCUT2D eigenvalue weighted by Gasteiger charge is -2.34. The summed E-state index contributed by atoms with van der Waals surface area (Å²) in [4.78, 5) is 17.8. The minimum absolute atomic E-state index is 0.0479. The molecule has 0 spiro atoms. The first-order valence-electron chi connectivity index (χ1n) is 14.1. The van der Waals surface area contributed by atoms with E-state index in [0.717, 1.165) is 37.2 Å². The van der Waals surface area contributed by atoms with Gasteiger partial charge in [0.15, 0.2) is 0 Å². The van der Waals surface area contributed by atoms with Crippen LogP contribution >= 0.6 is 0 Å². The van der Waals surface area contributed by atoms with Crippen molar-refractivity contribution in [3.8, 4) is 5.75 Å². The van der Waals surface area contributed by atoms with E-state index < -0.39 is 15.9 Å². The highest BCUT2D eigenvalue weighted by molar-refractivity contribution is 7.92. The van der Waals surface area contributed by atoms with Crippen molar-refractivity contribution in [2.75, 3.05) is 58.4 Å². The zero-order valence-electron chi connectivity index (χ0n) is 22.9. The van der Waals surface area contributed by atoms with Gasteiger partial charge in [-0.2, -0.15) is 0 Å². The molecule has 0 aromatic heterocycles. The molecule has 2 aromatic carbocycles. The van der Waals surface area contributed by atoms with Crippen LogP contribution < -0.4 is 24.6 Å². The molecule has 3 aliphatic heterocycles. The van der Waals surface area contributed by atoms with Crippen molar-refractivity contribution in [1.29, 1.82) is 0 Å². The van der Waals surface area contributed by atoms with Gasteiger partial charge in [-0.05, 0) is 61.4 Å². The highest BCUT2D eigenvalue weighted by Crippen LogP contribution is 2.58. The second kappa shape index (κ2) is 9.78. The van der Waals surface area contributed by atoms with Crippen LogP contribution in [0.25, 0.3) is 0 Å². The van der Waals surface area contributed by atoms with E-state index in [1.807, 2.05) is 17.0 Å². The van der Waals surface area contributed by atoms with E-state index in [4.69, 9.17) is 4.74 Å². The molecule has 40 heavy (non-hydrogen) atoms. The Morgan fingerprint density at radius 1 is 1.05 bits per heavy atom. The molecule has 8 nitrogen and oxygen atoms in total. The molecule has 3 fully saturated rings. The monoisotopic (exact) mass is 574 g/mol. The summed E-state index contributed by atoms with van der Waals surface area (Å²) >= 11 is 0. The van der Waals surface area contributed by atoms with Gasteiger partial charge in [-0.25, -0.2) is 17.2 Å². The second-order valence-corrected chi connectivity index (χ2v) is 13.9. The van der Waals surface area contributed by atoms with Gasteiger partial charge in [-0.15, -0.1) is 0 Å². The number of benzene rings is 2. The van der Waals surface area contributed by atoms with E-state index in [9.17, 15) is 22.0 Å². The molecule has 0 radical (unpaired) electrons. The molecule has 2 atom stereocenters. The number of alkyl halides is 2. The van der Waals surface area contributed by atoms with E-state index in [2.05, 4.69) is 21.9 Å². The molecule has 0 bridgehead atoms. The molecular formula is C29H36F2N4O4S. The van der Waals surface area contributed by atoms with Crippen molar-refractivity contribution in [1.82, 2.24) is 0 Å². The molecular weight excluding hydrogens is 538 g/mol. The predicted octanol–water partition coefficient (Wildman–Crippen LogP) is 5.11. The average Bonchev–Trinajstić information content (AvgIpc) is 3.36. The van der Waals surface area contributed by atoms with Crippen LogP contribution in [0.3, 0.4) is 0 Å². The molecule has 216 valence electrons. The quantitative estimate of drug-likeness (QED) is 0.478. The second-order valence-electron chi connectivity index (χ2n) is 11.9. The number of sulfonamides is 1. The number of amides is 1. The maximum absolute atomic E-state index is 13.8. The molecule has 1 amide bonds. The molecule has 1 saturated carbocycles. The van der Waals surface area contributed by atoms with Gasteiger partial charge in [0.2, 0.25) is 10.0 Å². The van der Waals surface area contributed by atoms with Gasteiger partial charge in [0.05, 0.1) is 35.0 Å². The van der Waals surface area contributed by atoms with Crippen LogP contribution in [0.5, 0.6) is 5.75 Å². The summed E-state index contributed by atoms with van der Waals surface area (Å²) in [5.41, 5.74) is 4.20. The lowest BCUT2D eigenvalue weighted by Crippen LogP contribution is -2.39. The Balaban J connectivity index is 1.29. The van der Waals surface area contributed by atoms with E-state index in [-0.39, 0.29) is 37.6 Å². The minimum Gasteiger partial charge on any atom is -0.491 e. The molecule has 11 heteroatoms. The van der Waals surface area contributed by atoms with Crippen LogP contribution in [0, 0.1) is 11.3 Å². The highest BCUT2D eigenvalue weighted by atomic mass is 32.2. The van der Waals surface area contributed by atoms with Gasteiger partial charge in [-0.1, -0.05) is 6.92 Å². The Bertz CT molecular complexity index is 1440. The van der Waals surface area contributed by atoms with E-state index in [1.54, 1.807) is 25.1 Å². The summed E-state index contributed by atoms with van der Waals surface area (Å²) in [6.07, 6.45) is 2.43. The van der Waals surface area contributed by atoms with E-state index in [0.29, 0.717) is 52.7 Å². The van der Waals surface area contributed by atoms with E-state index >= 15 is 0 Å². The minimum atomic E-state index is -3.48. The molecule has 3 heterocycles. The van der Waals surface area contributed by atoms with Gasteiger partial charge in [0, 0.05) is 56.7 Å². The maximum atomic E-state index is 13.8. The Labute approximate surface area is 234 Å². The number of carbonyl (C=O) groups excluding carboxylic acids is 1. The first-order chi connectivity index (χ1) is 19.0. The number of piperidine rings is 2. The van der Waals surface area contributed by atoms with E-state index in [1.165, 1.54) is 0 Å². The van der Waals surface area contributed by atoms with Gasteiger partial charge in [0.25, 0.3) is 11.8 Å². The Morgan fingerprint density at radius 3 is 2.50 bits per heavy atom. The lowest BCUT2D eigenvalue weighted by molar-refractivity contribution is -0.0221. The first-order valence-corrected chi connectivity index (χ1v) is 15.7. The molecule has 2 unspecified atom stereocenters. The fourth-order valence-electron chi connectivity index (χ4n) is 6.23. The molecule has 1 aliphatic carbocycles. The van der Waals surface area contributed by atoms with Crippen LogP contribution in [-0.2, 0) is 16.4 Å². The Hall–Kier alpha value is -3.08. The molecule has 6 rings (SSSR count). The van der Waals surface area contributed by atoms with Crippen LogP contribution in [0.4, 0.5) is 31.5 Å². The van der Waals surface area contributed by atoms with Gasteiger partial charge < -0.3 is 19.9 Å². The van der Waals surface area contributed by atoms with Crippen LogP contribution in [0.1, 0.15) is 55.5 Å². The normalized spacial score (nSPS) is 25.1. The van der Waals surface area contributed by atoms with Crippen molar-refractivity contribution in [2.45, 2.75) is 51.9 Å². The number of carbonyl (C=O) groups is 1. The van der Waals surface area contributed by atoms with Crippen molar-refractivity contribution < 1.29 is 26.7 Å². The van der Waals surface area contributed by atoms with Crippen LogP contribution in [-0.4, -0.2) is 58.8 Å². The standard InChI is InChI=1S/C29H36F2N4O4S/c1-3-40(37,38)33-21-4-5-23(24(15-21)35-10-7-28(2)17-20(28)18-35)27(36)32-22-14-19-6-13-39-26(19)25(16-22)34-11-8-29(30,31)9-12-34/h4-5,14-16,20,33H,3,6-13,17-18H2,1-2H3,(H,32,36). The fourth-order valence-corrected chi connectivity index (χ4v) is 6.86. The maximum Gasteiger partial charge on any atom is 0.257 e. The number of ether oxygens (including phenoxy) is 1. The molecule has 2 N–H and O–H groups in total. The van der Waals surface area contributed by atoms with Gasteiger partial charge >= 0.3 is 0 Å². The summed E-state index contributed by atoms with van der Waals surface area (Å²) in [7, 11) is -3.48. The number of fused-ring (bicyclic) bond motifs is 2. The average molecular weight is 575 g/mol. The van der Waals surface area contributed by atoms with Crippen molar-refractivity contribution in [2.24, 2.45) is 11.3 Å². The first kappa shape index (κ1) is 27.1. The molecule has 2 aromatic rings. The SMILES string of the molecule is CCS(=O)(=O)Nc1ccc(C(=O)Nc2cc3c(c(N4CCC(F)(F)CC4)c2)OCC3)c(N2CCC3(C)CC3C2)c1. The van der Waals surface area contributed by atoms with Gasteiger partial charge in [0.1, 0.15) is 5.75 Å². The third kappa shape index (κ3) is 5.32. The Kier molecular flexibility index (Phi) is 6.63. The fraction of sp³-hybridized carbons (Fsp3) is 0.552. The molecule has 4 aliphatic rings. The summed E-state index contributed by atoms with van der Waals surface area (Å²) in [6.45, 7) is 6.43. The third-order valence-corrected chi connectivity index (χ3v) is 10.3. The summed E-state index contributed by atoms with van der Waals surface area (Å²) in [5.74, 6) is -1.75. The van der Waals surface area contributed by atoms with Crippen molar-refractivity contribution >= 4 is 38.7 Å². The molecule has 2 saturated heterocycles. The number of rotatable bonds is 7. The highest BCUT2D eigenvalue weighted by Gasteiger charge is 2.52. The predicted molar refractivity (Wildman–Crippen MR) is 153 cm³/mol. The summed E-state index contributed by atoms with van der Waals surface area (Å²) < 4.78 is 60.6. The number of anilines is 4. The van der Waals surface area contributed by atoms with Crippen molar-refractivity contribution in [3.05, 3.63) is 41.5 Å². The number of hydrogen-bond acceptors (Lipinski definition) is 6. The van der Waals surface area contributed by atoms with Crippen molar-refractivity contribution in [3.63, 3.8) is 0 Å². The van der Waals surface area contributed by atoms with Gasteiger partial charge in [-0.3, -0.25) is 9.52 Å².